The average molecular weight is 314 g/mol. The number of hydrogen-bond donors (Lipinski definition) is 3. The van der Waals surface area contributed by atoms with Crippen molar-refractivity contribution in [3.63, 3.8) is 0 Å². The molecular weight excluding hydrogens is 292 g/mol. The fourth-order valence-corrected chi connectivity index (χ4v) is 2.09. The van der Waals surface area contributed by atoms with Crippen LogP contribution in [-0.4, -0.2) is 24.5 Å². The Morgan fingerprint density at radius 1 is 1.26 bits per heavy atom. The molecule has 1 aromatic heterocycles. The number of methoxy groups -OCH3 is 1. The van der Waals surface area contributed by atoms with E-state index in [9.17, 15) is 4.79 Å². The number of rotatable bonds is 8. The van der Waals surface area contributed by atoms with Crippen LogP contribution >= 0.6 is 0 Å². The molecule has 2 aromatic rings. The van der Waals surface area contributed by atoms with Crippen molar-refractivity contribution < 1.29 is 9.53 Å². The minimum atomic E-state index is -0.0716. The summed E-state index contributed by atoms with van der Waals surface area (Å²) in [6, 6.07) is 11.5. The van der Waals surface area contributed by atoms with Crippen molar-refractivity contribution in [3.05, 3.63) is 48.2 Å². The molecule has 4 N–H and O–H groups in total. The lowest BCUT2D eigenvalue weighted by molar-refractivity contribution is -0.116. The van der Waals surface area contributed by atoms with E-state index in [4.69, 9.17) is 10.5 Å². The SMILES string of the molecule is COc1ccccc1CNc1ccc(NC(=O)CCCN)nc1. The first-order chi connectivity index (χ1) is 11.2. The van der Waals surface area contributed by atoms with E-state index in [1.165, 1.54) is 0 Å². The molecule has 1 aromatic carbocycles. The largest absolute Gasteiger partial charge is 0.496 e. The Labute approximate surface area is 136 Å². The molecule has 23 heavy (non-hydrogen) atoms. The first kappa shape index (κ1) is 16.8. The molecule has 1 amide bonds. The number of amides is 1. The predicted molar refractivity (Wildman–Crippen MR) is 91.5 cm³/mol. The van der Waals surface area contributed by atoms with Gasteiger partial charge in [-0.1, -0.05) is 18.2 Å². The summed E-state index contributed by atoms with van der Waals surface area (Å²) >= 11 is 0. The number of ether oxygens (including phenoxy) is 1. The third-order valence-corrected chi connectivity index (χ3v) is 3.31. The molecule has 0 aliphatic rings. The van der Waals surface area contributed by atoms with Crippen LogP contribution in [0, 0.1) is 0 Å². The van der Waals surface area contributed by atoms with E-state index in [-0.39, 0.29) is 5.91 Å². The number of aromatic nitrogens is 1. The second-order valence-electron chi connectivity index (χ2n) is 5.04. The summed E-state index contributed by atoms with van der Waals surface area (Å²) < 4.78 is 5.32. The van der Waals surface area contributed by atoms with E-state index in [2.05, 4.69) is 15.6 Å². The lowest BCUT2D eigenvalue weighted by atomic mass is 10.2. The first-order valence-corrected chi connectivity index (χ1v) is 7.54. The lowest BCUT2D eigenvalue weighted by Gasteiger charge is -2.10. The predicted octanol–water partition coefficient (Wildman–Crippen LogP) is 2.38. The Morgan fingerprint density at radius 2 is 2.09 bits per heavy atom. The summed E-state index contributed by atoms with van der Waals surface area (Å²) in [6.45, 7) is 1.14. The first-order valence-electron chi connectivity index (χ1n) is 7.54. The van der Waals surface area contributed by atoms with Crippen LogP contribution in [0.1, 0.15) is 18.4 Å². The molecule has 122 valence electrons. The van der Waals surface area contributed by atoms with Crippen LogP contribution in [0.25, 0.3) is 0 Å². The maximum Gasteiger partial charge on any atom is 0.225 e. The maximum absolute atomic E-state index is 11.6. The third-order valence-electron chi connectivity index (χ3n) is 3.31. The molecule has 0 radical (unpaired) electrons. The normalized spacial score (nSPS) is 10.2. The van der Waals surface area contributed by atoms with Crippen molar-refractivity contribution in [1.82, 2.24) is 4.98 Å². The van der Waals surface area contributed by atoms with Gasteiger partial charge in [0.15, 0.2) is 0 Å². The van der Waals surface area contributed by atoms with E-state index in [1.54, 1.807) is 19.4 Å². The number of carbonyl (C=O) groups is 1. The van der Waals surface area contributed by atoms with Gasteiger partial charge in [-0.15, -0.1) is 0 Å². The van der Waals surface area contributed by atoms with Crippen LogP contribution in [0.2, 0.25) is 0 Å². The van der Waals surface area contributed by atoms with Crippen LogP contribution in [0.15, 0.2) is 42.6 Å². The van der Waals surface area contributed by atoms with Crippen molar-refractivity contribution >= 4 is 17.4 Å². The minimum Gasteiger partial charge on any atom is -0.496 e. The van der Waals surface area contributed by atoms with Crippen molar-refractivity contribution in [2.45, 2.75) is 19.4 Å². The number of hydrogen-bond acceptors (Lipinski definition) is 5. The summed E-state index contributed by atoms with van der Waals surface area (Å²) in [4.78, 5) is 15.8. The van der Waals surface area contributed by atoms with Crippen molar-refractivity contribution in [1.29, 1.82) is 0 Å². The quantitative estimate of drug-likeness (QED) is 0.696. The highest BCUT2D eigenvalue weighted by molar-refractivity contribution is 5.89. The Morgan fingerprint density at radius 3 is 2.78 bits per heavy atom. The second-order valence-corrected chi connectivity index (χ2v) is 5.04. The minimum absolute atomic E-state index is 0.0716. The molecule has 0 aliphatic carbocycles. The van der Waals surface area contributed by atoms with Crippen LogP contribution in [0.5, 0.6) is 5.75 Å². The average Bonchev–Trinajstić information content (AvgIpc) is 2.59. The summed E-state index contributed by atoms with van der Waals surface area (Å²) in [5.74, 6) is 1.31. The number of pyridine rings is 1. The van der Waals surface area contributed by atoms with Crippen molar-refractivity contribution in [2.24, 2.45) is 5.73 Å². The summed E-state index contributed by atoms with van der Waals surface area (Å²) in [7, 11) is 1.66. The molecule has 0 bridgehead atoms. The van der Waals surface area contributed by atoms with E-state index < -0.39 is 0 Å². The molecule has 0 saturated carbocycles. The van der Waals surface area contributed by atoms with E-state index >= 15 is 0 Å². The smallest absolute Gasteiger partial charge is 0.225 e. The number of anilines is 2. The topological polar surface area (TPSA) is 89.3 Å². The molecule has 6 nitrogen and oxygen atoms in total. The Bertz CT molecular complexity index is 629. The van der Waals surface area contributed by atoms with Crippen LogP contribution in [0.4, 0.5) is 11.5 Å². The van der Waals surface area contributed by atoms with Gasteiger partial charge in [0.25, 0.3) is 0 Å². The Hall–Kier alpha value is -2.60. The molecule has 6 heteroatoms. The van der Waals surface area contributed by atoms with Gasteiger partial charge in [-0.25, -0.2) is 4.98 Å². The maximum atomic E-state index is 11.6. The molecule has 0 spiro atoms. The molecule has 2 rings (SSSR count). The fraction of sp³-hybridized carbons (Fsp3) is 0.294. The molecule has 0 atom stereocenters. The number of nitrogens with one attached hydrogen (secondary N) is 2. The monoisotopic (exact) mass is 314 g/mol. The summed E-state index contributed by atoms with van der Waals surface area (Å²) in [5, 5.41) is 6.02. The van der Waals surface area contributed by atoms with E-state index in [1.807, 2.05) is 30.3 Å². The molecule has 1 heterocycles. The molecule has 0 fully saturated rings. The van der Waals surface area contributed by atoms with Gasteiger partial charge in [0, 0.05) is 18.5 Å². The standard InChI is InChI=1S/C17H22N4O2/c1-23-15-6-3-2-5-13(15)11-19-14-8-9-16(20-12-14)21-17(22)7-4-10-18/h2-3,5-6,8-9,12,19H,4,7,10-11,18H2,1H3,(H,20,21,22). The molecule has 0 saturated heterocycles. The van der Waals surface area contributed by atoms with Crippen LogP contribution in [-0.2, 0) is 11.3 Å². The van der Waals surface area contributed by atoms with E-state index in [0.29, 0.717) is 31.7 Å². The number of nitrogens with two attached hydrogens (primary N) is 1. The van der Waals surface area contributed by atoms with Crippen molar-refractivity contribution in [2.75, 3.05) is 24.3 Å². The third kappa shape index (κ3) is 5.27. The summed E-state index contributed by atoms with van der Waals surface area (Å²) in [5.41, 5.74) is 7.31. The van der Waals surface area contributed by atoms with Gasteiger partial charge < -0.3 is 21.1 Å². The zero-order chi connectivity index (χ0) is 16.5. The summed E-state index contributed by atoms with van der Waals surface area (Å²) in [6.07, 6.45) is 2.77. The molecule has 0 unspecified atom stereocenters. The fourth-order valence-electron chi connectivity index (χ4n) is 2.09. The highest BCUT2D eigenvalue weighted by Gasteiger charge is 2.04. The molecular formula is C17H22N4O2. The Balaban J connectivity index is 1.88. The van der Waals surface area contributed by atoms with Crippen LogP contribution in [0.3, 0.4) is 0 Å². The lowest BCUT2D eigenvalue weighted by Crippen LogP contribution is -2.14. The van der Waals surface area contributed by atoms with Gasteiger partial charge in [-0.05, 0) is 31.2 Å². The Kier molecular flexibility index (Phi) is 6.38. The molecule has 0 aliphatic heterocycles. The number of carbonyl (C=O) groups excluding carboxylic acids is 1. The van der Waals surface area contributed by atoms with Gasteiger partial charge in [-0.3, -0.25) is 4.79 Å². The van der Waals surface area contributed by atoms with Gasteiger partial charge in [0.2, 0.25) is 5.91 Å². The second kappa shape index (κ2) is 8.75. The van der Waals surface area contributed by atoms with E-state index in [0.717, 1.165) is 17.0 Å². The number of para-hydroxylation sites is 1. The highest BCUT2D eigenvalue weighted by atomic mass is 16.5. The van der Waals surface area contributed by atoms with Crippen LogP contribution < -0.4 is 21.1 Å². The highest BCUT2D eigenvalue weighted by Crippen LogP contribution is 2.19. The zero-order valence-electron chi connectivity index (χ0n) is 13.2. The number of nitrogens with zero attached hydrogens (tertiary/aromatic N) is 1. The number of benzene rings is 1. The zero-order valence-corrected chi connectivity index (χ0v) is 13.2. The van der Waals surface area contributed by atoms with Gasteiger partial charge in [0.05, 0.1) is 19.0 Å². The van der Waals surface area contributed by atoms with Crippen molar-refractivity contribution in [3.8, 4) is 5.75 Å². The van der Waals surface area contributed by atoms with Gasteiger partial charge >= 0.3 is 0 Å². The van der Waals surface area contributed by atoms with Gasteiger partial charge in [0.1, 0.15) is 11.6 Å². The van der Waals surface area contributed by atoms with Gasteiger partial charge in [-0.2, -0.15) is 0 Å².